The van der Waals surface area contributed by atoms with Crippen LogP contribution >= 0.6 is 0 Å². The largest absolute Gasteiger partial charge is 0.384 e. The predicted molar refractivity (Wildman–Crippen MR) is 73.6 cm³/mol. The van der Waals surface area contributed by atoms with Crippen molar-refractivity contribution in [2.45, 2.75) is 6.54 Å². The molecule has 1 heterocycles. The minimum atomic E-state index is -0.202. The van der Waals surface area contributed by atoms with Crippen molar-refractivity contribution >= 4 is 5.91 Å². The topological polar surface area (TPSA) is 75.1 Å². The first-order valence-electron chi connectivity index (χ1n) is 6.03. The Morgan fingerprint density at radius 2 is 2.20 bits per heavy atom. The molecule has 20 heavy (non-hydrogen) atoms. The van der Waals surface area contributed by atoms with Crippen molar-refractivity contribution in [1.29, 1.82) is 0 Å². The highest BCUT2D eigenvalue weighted by molar-refractivity contribution is 5.93. The molecule has 0 unspecified atom stereocenters. The third-order valence-corrected chi connectivity index (χ3v) is 2.54. The fourth-order valence-corrected chi connectivity index (χ4v) is 1.61. The Hall–Kier alpha value is -2.71. The molecule has 2 N–H and O–H groups in total. The van der Waals surface area contributed by atoms with E-state index >= 15 is 0 Å². The maximum absolute atomic E-state index is 11.8. The van der Waals surface area contributed by atoms with Gasteiger partial charge in [0.05, 0.1) is 18.0 Å². The maximum atomic E-state index is 11.8. The van der Waals surface area contributed by atoms with Gasteiger partial charge in [-0.05, 0) is 23.8 Å². The molecule has 2 rings (SSSR count). The van der Waals surface area contributed by atoms with E-state index in [-0.39, 0.29) is 12.5 Å². The number of amides is 1. The molecule has 0 aliphatic heterocycles. The maximum Gasteiger partial charge on any atom is 0.253 e. The summed E-state index contributed by atoms with van der Waals surface area (Å²) in [7, 11) is 0. The summed E-state index contributed by atoms with van der Waals surface area (Å²) in [6.45, 7) is 0.228. The summed E-state index contributed by atoms with van der Waals surface area (Å²) in [4.78, 5) is 11.8. The van der Waals surface area contributed by atoms with Crippen LogP contribution in [0.1, 0.15) is 21.5 Å². The van der Waals surface area contributed by atoms with E-state index in [4.69, 9.17) is 5.11 Å². The first kappa shape index (κ1) is 13.7. The molecule has 0 bridgehead atoms. The summed E-state index contributed by atoms with van der Waals surface area (Å²) in [6.07, 6.45) is 2.89. The lowest BCUT2D eigenvalue weighted by atomic mass is 10.1. The zero-order chi connectivity index (χ0) is 14.2. The van der Waals surface area contributed by atoms with Crippen LogP contribution in [-0.2, 0) is 6.54 Å². The Morgan fingerprint density at radius 1 is 1.30 bits per heavy atom. The van der Waals surface area contributed by atoms with Crippen molar-refractivity contribution in [2.75, 3.05) is 6.61 Å². The van der Waals surface area contributed by atoms with Gasteiger partial charge in [0.25, 0.3) is 5.91 Å². The zero-order valence-corrected chi connectivity index (χ0v) is 10.7. The van der Waals surface area contributed by atoms with Gasteiger partial charge in [-0.15, -0.1) is 0 Å². The Kier molecular flexibility index (Phi) is 4.81. The molecule has 0 aliphatic rings. The second-order valence-electron chi connectivity index (χ2n) is 3.97. The van der Waals surface area contributed by atoms with Crippen molar-refractivity contribution < 1.29 is 9.90 Å². The first-order valence-corrected chi connectivity index (χ1v) is 6.03. The molecular formula is C15H13N3O2. The molecule has 0 saturated carbocycles. The molecule has 5 nitrogen and oxygen atoms in total. The van der Waals surface area contributed by atoms with Crippen molar-refractivity contribution in [3.63, 3.8) is 0 Å². The van der Waals surface area contributed by atoms with E-state index in [1.54, 1.807) is 6.07 Å². The van der Waals surface area contributed by atoms with Crippen LogP contribution in [0.4, 0.5) is 0 Å². The van der Waals surface area contributed by atoms with Crippen LogP contribution in [0.3, 0.4) is 0 Å². The SMILES string of the molecule is O=C(NCc1cccc(C#CCO)c1)c1ccnnc1. The van der Waals surface area contributed by atoms with Gasteiger partial charge in [-0.3, -0.25) is 4.79 Å². The molecule has 0 fully saturated rings. The van der Waals surface area contributed by atoms with E-state index in [2.05, 4.69) is 27.4 Å². The van der Waals surface area contributed by atoms with Gasteiger partial charge in [-0.25, -0.2) is 0 Å². The molecule has 1 amide bonds. The monoisotopic (exact) mass is 267 g/mol. The predicted octanol–water partition coefficient (Wildman–Crippen LogP) is 0.750. The van der Waals surface area contributed by atoms with E-state index < -0.39 is 0 Å². The number of hydrogen-bond donors (Lipinski definition) is 2. The van der Waals surface area contributed by atoms with Crippen molar-refractivity contribution in [2.24, 2.45) is 0 Å². The van der Waals surface area contributed by atoms with Gasteiger partial charge in [0.1, 0.15) is 6.61 Å². The van der Waals surface area contributed by atoms with Gasteiger partial charge in [-0.1, -0.05) is 24.0 Å². The highest BCUT2D eigenvalue weighted by Gasteiger charge is 2.04. The number of nitrogens with one attached hydrogen (secondary N) is 1. The number of benzene rings is 1. The molecule has 0 atom stereocenters. The van der Waals surface area contributed by atoms with Crippen LogP contribution in [0.25, 0.3) is 0 Å². The van der Waals surface area contributed by atoms with E-state index in [0.29, 0.717) is 12.1 Å². The van der Waals surface area contributed by atoms with Crippen molar-refractivity contribution in [3.8, 4) is 11.8 Å². The molecule has 0 aliphatic carbocycles. The van der Waals surface area contributed by atoms with Crippen molar-refractivity contribution in [3.05, 3.63) is 59.4 Å². The third-order valence-electron chi connectivity index (χ3n) is 2.54. The Morgan fingerprint density at radius 3 is 2.95 bits per heavy atom. The van der Waals surface area contributed by atoms with Crippen molar-refractivity contribution in [1.82, 2.24) is 15.5 Å². The molecular weight excluding hydrogens is 254 g/mol. The summed E-state index contributed by atoms with van der Waals surface area (Å²) in [5, 5.41) is 18.7. The minimum absolute atomic E-state index is 0.171. The van der Waals surface area contributed by atoms with Crippen LogP contribution in [0.2, 0.25) is 0 Å². The van der Waals surface area contributed by atoms with E-state index in [0.717, 1.165) is 11.1 Å². The number of aliphatic hydroxyl groups excluding tert-OH is 1. The van der Waals surface area contributed by atoms with Gasteiger partial charge in [0.15, 0.2) is 0 Å². The Bertz CT molecular complexity index is 645. The standard InChI is InChI=1S/C15H13N3O2/c19-8-2-5-12-3-1-4-13(9-12)10-16-15(20)14-6-7-17-18-11-14/h1,3-4,6-7,9,11,19H,8,10H2,(H,16,20). The van der Waals surface area contributed by atoms with Gasteiger partial charge in [0, 0.05) is 12.1 Å². The van der Waals surface area contributed by atoms with Crippen LogP contribution in [0.5, 0.6) is 0 Å². The zero-order valence-electron chi connectivity index (χ0n) is 10.7. The van der Waals surface area contributed by atoms with Gasteiger partial charge >= 0.3 is 0 Å². The number of carbonyl (C=O) groups excluding carboxylic acids is 1. The molecule has 1 aromatic heterocycles. The van der Waals surface area contributed by atoms with Gasteiger partial charge < -0.3 is 10.4 Å². The number of rotatable bonds is 3. The molecule has 2 aromatic rings. The lowest BCUT2D eigenvalue weighted by molar-refractivity contribution is 0.0950. The number of carbonyl (C=O) groups is 1. The second kappa shape index (κ2) is 7.02. The van der Waals surface area contributed by atoms with Gasteiger partial charge in [-0.2, -0.15) is 10.2 Å². The molecule has 0 spiro atoms. The highest BCUT2D eigenvalue weighted by atomic mass is 16.2. The molecule has 1 aromatic carbocycles. The average molecular weight is 267 g/mol. The quantitative estimate of drug-likeness (QED) is 0.805. The second-order valence-corrected chi connectivity index (χ2v) is 3.97. The number of hydrogen-bond acceptors (Lipinski definition) is 4. The molecule has 0 saturated heterocycles. The first-order chi connectivity index (χ1) is 9.79. The molecule has 5 heteroatoms. The lowest BCUT2D eigenvalue weighted by Gasteiger charge is -2.05. The van der Waals surface area contributed by atoms with Gasteiger partial charge in [0.2, 0.25) is 0 Å². The van der Waals surface area contributed by atoms with E-state index in [9.17, 15) is 4.79 Å². The summed E-state index contributed by atoms with van der Waals surface area (Å²) in [5.74, 6) is 5.21. The van der Waals surface area contributed by atoms with Crippen LogP contribution < -0.4 is 5.32 Å². The lowest BCUT2D eigenvalue weighted by Crippen LogP contribution is -2.22. The van der Waals surface area contributed by atoms with E-state index in [1.807, 2.05) is 24.3 Å². The molecule has 0 radical (unpaired) electrons. The minimum Gasteiger partial charge on any atom is -0.384 e. The number of nitrogens with zero attached hydrogens (tertiary/aromatic N) is 2. The average Bonchev–Trinajstić information content (AvgIpc) is 2.52. The fourth-order valence-electron chi connectivity index (χ4n) is 1.61. The summed E-state index contributed by atoms with van der Waals surface area (Å²) >= 11 is 0. The number of aliphatic hydroxyl groups is 1. The smallest absolute Gasteiger partial charge is 0.253 e. The Balaban J connectivity index is 1.99. The Labute approximate surface area is 116 Å². The summed E-state index contributed by atoms with van der Waals surface area (Å²) in [5.41, 5.74) is 2.21. The highest BCUT2D eigenvalue weighted by Crippen LogP contribution is 2.04. The normalized spacial score (nSPS) is 9.45. The van der Waals surface area contributed by atoms with E-state index in [1.165, 1.54) is 12.4 Å². The number of aromatic nitrogens is 2. The summed E-state index contributed by atoms with van der Waals surface area (Å²) in [6, 6.07) is 9.08. The van der Waals surface area contributed by atoms with Crippen LogP contribution in [-0.4, -0.2) is 27.8 Å². The molecule has 100 valence electrons. The summed E-state index contributed by atoms with van der Waals surface area (Å²) < 4.78 is 0. The van der Waals surface area contributed by atoms with Crippen LogP contribution in [0, 0.1) is 11.8 Å². The fraction of sp³-hybridized carbons (Fsp3) is 0.133. The van der Waals surface area contributed by atoms with Crippen LogP contribution in [0.15, 0.2) is 42.7 Å². The third kappa shape index (κ3) is 3.90.